The zero-order valence-corrected chi connectivity index (χ0v) is 8.76. The molecule has 0 radical (unpaired) electrons. The number of benzene rings is 2. The molecule has 0 fully saturated rings. The Labute approximate surface area is 197 Å². The van der Waals surface area contributed by atoms with Gasteiger partial charge < -0.3 is 0 Å². The predicted octanol–water partition coefficient (Wildman–Crippen LogP) is 13.3. The zero-order valence-electron chi connectivity index (χ0n) is 8.76. The maximum Gasteiger partial charge on any atom is 0.360 e. The van der Waals surface area contributed by atoms with Crippen LogP contribution in [0.25, 0.3) is 22.3 Å². The molecule has 188 valence electrons. The molecule has 0 atom stereocenters. The molecule has 0 saturated heterocycles. The van der Waals surface area contributed by atoms with E-state index in [1.807, 2.05) is 60.7 Å². The van der Waals surface area contributed by atoms with Gasteiger partial charge in [-0.3, -0.25) is 0 Å². The van der Waals surface area contributed by atoms with E-state index in [2.05, 4.69) is 6.07 Å². The lowest BCUT2D eigenvalue weighted by molar-refractivity contribution is 0.620. The number of hydrogen-bond donors (Lipinski definition) is 0. The fourth-order valence-electron chi connectivity index (χ4n) is 1.79. The first kappa shape index (κ1) is 79.9. The Morgan fingerprint density at radius 1 is 0.367 bits per heavy atom. The first-order valence-corrected chi connectivity index (χ1v) is 5.31. The maximum atomic E-state index is 5.85. The molecule has 1 heterocycles. The van der Waals surface area contributed by atoms with Gasteiger partial charge in [0.1, 0.15) is 0 Å². The zero-order chi connectivity index (χ0) is 10.8. The van der Waals surface area contributed by atoms with Crippen LogP contribution < -0.4 is 0 Å². The smallest absolute Gasteiger partial charge is 0.207 e. The van der Waals surface area contributed by atoms with E-state index in [0.717, 1.165) is 22.3 Å². The van der Waals surface area contributed by atoms with Gasteiger partial charge in [-0.2, -0.15) is 0 Å². The van der Waals surface area contributed by atoms with Crippen molar-refractivity contribution in [2.24, 2.45) is 0 Å². The topological polar surface area (TPSA) is 11.3 Å². The molecule has 0 bridgehead atoms. The normalized spacial score (nSPS) is 5.60. The first-order valence-electron chi connectivity index (χ1n) is 5.31. The minimum absolute atomic E-state index is 0. The third-order valence-corrected chi connectivity index (χ3v) is 2.61. The molecule has 1 heteroatoms. The molecule has 2 aromatic carbocycles. The van der Waals surface area contributed by atoms with E-state index in [9.17, 15) is 0 Å². The largest absolute Gasteiger partial charge is 0.360 e. The molecular formula is C29H67O+. The van der Waals surface area contributed by atoms with Crippen LogP contribution in [-0.4, -0.2) is 0 Å². The Morgan fingerprint density at radius 2 is 0.767 bits per heavy atom. The summed E-state index contributed by atoms with van der Waals surface area (Å²) in [5, 5.41) is 1.13. The summed E-state index contributed by atoms with van der Waals surface area (Å²) >= 11 is 0. The summed E-state index contributed by atoms with van der Waals surface area (Å²) in [6.45, 7) is 0. The lowest BCUT2D eigenvalue weighted by Crippen LogP contribution is -1.77. The number of hydrogen-bond acceptors (Lipinski definition) is 0. The van der Waals surface area contributed by atoms with E-state index in [0.29, 0.717) is 0 Å². The standard InChI is InChI=1S/C15H11O.14CH4/c1-2-6-12(7-3-1)15-11-10-13-8-4-5-9-14(13)16-15;;;;;;;;;;;;;;/h1-11H;14*1H4/q+1;;;;;;;;;;;;;;. The van der Waals surface area contributed by atoms with Crippen LogP contribution in [0.2, 0.25) is 0 Å². The number of rotatable bonds is 1. The number of para-hydroxylation sites is 1. The third kappa shape index (κ3) is 17.9. The fourth-order valence-corrected chi connectivity index (χ4v) is 1.79. The summed E-state index contributed by atoms with van der Waals surface area (Å²) in [5.41, 5.74) is 2.03. The Balaban J connectivity index is -0.0000000231. The van der Waals surface area contributed by atoms with E-state index in [1.165, 1.54) is 0 Å². The molecule has 3 rings (SSSR count). The van der Waals surface area contributed by atoms with Crippen LogP contribution >= 0.6 is 0 Å². The van der Waals surface area contributed by atoms with Crippen molar-refractivity contribution in [2.45, 2.75) is 104 Å². The van der Waals surface area contributed by atoms with Gasteiger partial charge >= 0.3 is 11.3 Å². The summed E-state index contributed by atoms with van der Waals surface area (Å²) in [4.78, 5) is 0. The second-order valence-electron chi connectivity index (χ2n) is 3.70. The van der Waals surface area contributed by atoms with Crippen molar-refractivity contribution < 1.29 is 4.42 Å². The predicted molar refractivity (Wildman–Crippen MR) is 160 cm³/mol. The highest BCUT2D eigenvalue weighted by Crippen LogP contribution is 2.23. The lowest BCUT2D eigenvalue weighted by atomic mass is 10.1. The van der Waals surface area contributed by atoms with Gasteiger partial charge in [-0.1, -0.05) is 134 Å². The van der Waals surface area contributed by atoms with Crippen molar-refractivity contribution in [1.29, 1.82) is 0 Å². The van der Waals surface area contributed by atoms with Gasteiger partial charge in [0.05, 0.1) is 10.9 Å². The molecule has 0 aliphatic rings. The highest BCUT2D eigenvalue weighted by molar-refractivity contribution is 5.78. The van der Waals surface area contributed by atoms with Gasteiger partial charge in [0.25, 0.3) is 0 Å². The van der Waals surface area contributed by atoms with E-state index >= 15 is 0 Å². The molecule has 1 aromatic heterocycles. The van der Waals surface area contributed by atoms with Gasteiger partial charge in [-0.25, -0.2) is 4.42 Å². The molecule has 1 nitrogen and oxygen atoms in total. The second kappa shape index (κ2) is 37.6. The number of fused-ring (bicyclic) bond motifs is 1. The monoisotopic (exact) mass is 432 g/mol. The Hall–Kier alpha value is -2.15. The molecular weight excluding hydrogens is 364 g/mol. The Morgan fingerprint density at radius 3 is 1.23 bits per heavy atom. The van der Waals surface area contributed by atoms with Crippen LogP contribution in [0.4, 0.5) is 0 Å². The van der Waals surface area contributed by atoms with Crippen LogP contribution in [-0.2, 0) is 0 Å². The molecule has 0 unspecified atom stereocenters. The van der Waals surface area contributed by atoms with Crippen LogP contribution in [0.5, 0.6) is 0 Å². The molecule has 0 amide bonds. The van der Waals surface area contributed by atoms with E-state index in [-0.39, 0.29) is 104 Å². The molecule has 0 N–H and O–H groups in total. The van der Waals surface area contributed by atoms with Gasteiger partial charge in [0.2, 0.25) is 0 Å². The summed E-state index contributed by atoms with van der Waals surface area (Å²) in [5.74, 6) is 0.902. The van der Waals surface area contributed by atoms with Crippen molar-refractivity contribution >= 4 is 11.0 Å². The highest BCUT2D eigenvalue weighted by atomic mass is 16.3. The van der Waals surface area contributed by atoms with E-state index < -0.39 is 0 Å². The van der Waals surface area contributed by atoms with Crippen LogP contribution in [0.1, 0.15) is 104 Å². The summed E-state index contributed by atoms with van der Waals surface area (Å²) in [7, 11) is 0. The third-order valence-electron chi connectivity index (χ3n) is 2.61. The average molecular weight is 432 g/mol. The second-order valence-corrected chi connectivity index (χ2v) is 3.70. The maximum absolute atomic E-state index is 5.85. The van der Waals surface area contributed by atoms with Crippen LogP contribution in [0.3, 0.4) is 0 Å². The molecule has 0 aliphatic heterocycles. The quantitative estimate of drug-likeness (QED) is 0.348. The van der Waals surface area contributed by atoms with E-state index in [1.54, 1.807) is 0 Å². The van der Waals surface area contributed by atoms with Crippen LogP contribution in [0.15, 0.2) is 71.1 Å². The fraction of sp³-hybridized carbons (Fsp3) is 0.483. The molecule has 0 saturated carbocycles. The molecule has 0 spiro atoms. The average Bonchev–Trinajstić information content (AvgIpc) is 2.39. The van der Waals surface area contributed by atoms with Gasteiger partial charge in [-0.05, 0) is 24.3 Å². The minimum atomic E-state index is 0. The van der Waals surface area contributed by atoms with Crippen molar-refractivity contribution in [1.82, 2.24) is 0 Å². The molecule has 3 aromatic rings. The van der Waals surface area contributed by atoms with Crippen molar-refractivity contribution in [3.8, 4) is 11.3 Å². The van der Waals surface area contributed by atoms with Crippen molar-refractivity contribution in [3.63, 3.8) is 0 Å². The van der Waals surface area contributed by atoms with Gasteiger partial charge in [0.15, 0.2) is 0 Å². The Kier molecular flexibility index (Phi) is 100. The van der Waals surface area contributed by atoms with Gasteiger partial charge in [0, 0.05) is 12.1 Å². The molecule has 0 aliphatic carbocycles. The van der Waals surface area contributed by atoms with Crippen molar-refractivity contribution in [2.75, 3.05) is 0 Å². The summed E-state index contributed by atoms with van der Waals surface area (Å²) < 4.78 is 5.85. The summed E-state index contributed by atoms with van der Waals surface area (Å²) in [6.07, 6.45) is 0. The van der Waals surface area contributed by atoms with Crippen LogP contribution in [0, 0.1) is 0 Å². The van der Waals surface area contributed by atoms with Crippen molar-refractivity contribution in [3.05, 3.63) is 66.7 Å². The first-order chi connectivity index (χ1) is 7.93. The van der Waals surface area contributed by atoms with E-state index in [4.69, 9.17) is 4.42 Å². The SMILES string of the molecule is C.C.C.C.C.C.C.C.C.C.C.C.C.C.c1ccc(-c2ccc3ccccc3[o+]2)cc1. The minimum Gasteiger partial charge on any atom is -0.207 e. The van der Waals surface area contributed by atoms with Gasteiger partial charge in [-0.15, -0.1) is 0 Å². The highest BCUT2D eigenvalue weighted by Gasteiger charge is 2.12. The lowest BCUT2D eigenvalue weighted by Gasteiger charge is -1.91. The Bertz CT molecular complexity index is 615. The summed E-state index contributed by atoms with van der Waals surface area (Å²) in [6, 6.07) is 22.3. The molecule has 30 heavy (non-hydrogen) atoms.